The maximum absolute atomic E-state index is 4.15. The molecule has 0 aromatic carbocycles. The average molecular weight is 149 g/mol. The molecule has 1 atom stereocenters. The second-order valence-electron chi connectivity index (χ2n) is 2.18. The minimum atomic E-state index is 0.679. The van der Waals surface area contributed by atoms with E-state index >= 15 is 0 Å². The van der Waals surface area contributed by atoms with Gasteiger partial charge in [-0.1, -0.05) is 10.8 Å². The number of hydrogen-bond donors (Lipinski definition) is 1. The van der Waals surface area contributed by atoms with E-state index < -0.39 is 0 Å². The lowest BCUT2D eigenvalue weighted by Crippen LogP contribution is -2.20. The molecule has 0 spiro atoms. The van der Waals surface area contributed by atoms with E-state index in [9.17, 15) is 0 Å². The predicted molar refractivity (Wildman–Crippen MR) is 42.2 cm³/mol. The van der Waals surface area contributed by atoms with Crippen LogP contribution in [0.3, 0.4) is 0 Å². The van der Waals surface area contributed by atoms with Gasteiger partial charge in [-0.2, -0.15) is 0 Å². The highest BCUT2D eigenvalue weighted by molar-refractivity contribution is 8.68. The molecule has 0 radical (unpaired) electrons. The van der Waals surface area contributed by atoms with Gasteiger partial charge in [0, 0.05) is 0 Å². The first-order valence-corrected chi connectivity index (χ1v) is 4.78. The summed E-state index contributed by atoms with van der Waals surface area (Å²) < 4.78 is 0. The van der Waals surface area contributed by atoms with Gasteiger partial charge in [0.05, 0.1) is 5.37 Å². The summed E-state index contributed by atoms with van der Waals surface area (Å²) in [7, 11) is 3.81. The van der Waals surface area contributed by atoms with Crippen molar-refractivity contribution in [3.8, 4) is 0 Å². The Morgan fingerprint density at radius 3 is 2.75 bits per heavy atom. The third kappa shape index (κ3) is 1.33. The van der Waals surface area contributed by atoms with Crippen molar-refractivity contribution in [2.45, 2.75) is 18.2 Å². The van der Waals surface area contributed by atoms with Crippen LogP contribution in [0.5, 0.6) is 0 Å². The summed E-state index contributed by atoms with van der Waals surface area (Å²) >= 11 is 4.15. The summed E-state index contributed by atoms with van der Waals surface area (Å²) in [6.45, 7) is 1.25. The smallest absolute Gasteiger partial charge is 0.0657 e. The van der Waals surface area contributed by atoms with Crippen LogP contribution in [0, 0.1) is 0 Å². The Labute approximate surface area is 59.6 Å². The topological polar surface area (TPSA) is 3.24 Å². The molecule has 8 heavy (non-hydrogen) atoms. The third-order valence-electron chi connectivity index (χ3n) is 1.58. The zero-order chi connectivity index (χ0) is 5.98. The van der Waals surface area contributed by atoms with Gasteiger partial charge in [-0.05, 0) is 26.4 Å². The maximum Gasteiger partial charge on any atom is 0.0657 e. The normalized spacial score (nSPS) is 31.5. The maximum atomic E-state index is 4.15. The summed E-state index contributed by atoms with van der Waals surface area (Å²) in [4.78, 5) is 2.34. The molecule has 0 aromatic heterocycles. The molecule has 1 fully saturated rings. The molecule has 0 N–H and O–H groups in total. The fraction of sp³-hybridized carbons (Fsp3) is 1.00. The molecule has 1 aliphatic heterocycles. The number of rotatable bonds is 1. The van der Waals surface area contributed by atoms with Crippen molar-refractivity contribution in [3.05, 3.63) is 0 Å². The Hall–Kier alpha value is 0.660. The second kappa shape index (κ2) is 2.99. The lowest BCUT2D eigenvalue weighted by atomic mass is 10.4. The molecule has 1 rings (SSSR count). The Kier molecular flexibility index (Phi) is 2.53. The first-order valence-electron chi connectivity index (χ1n) is 2.85. The monoisotopic (exact) mass is 149 g/mol. The largest absolute Gasteiger partial charge is 0.294 e. The lowest BCUT2D eigenvalue weighted by Gasteiger charge is -2.14. The SMILES string of the molecule is CN1CCCC1SS. The highest BCUT2D eigenvalue weighted by atomic mass is 33.1. The zero-order valence-corrected chi connectivity index (χ0v) is 6.71. The van der Waals surface area contributed by atoms with Crippen molar-refractivity contribution in [2.75, 3.05) is 13.6 Å². The van der Waals surface area contributed by atoms with Crippen molar-refractivity contribution in [2.24, 2.45) is 0 Å². The number of nitrogens with zero attached hydrogens (tertiary/aromatic N) is 1. The first-order chi connectivity index (χ1) is 3.84. The Bertz CT molecular complexity index is 76.8. The van der Waals surface area contributed by atoms with Gasteiger partial charge in [0.1, 0.15) is 0 Å². The second-order valence-corrected chi connectivity index (χ2v) is 3.57. The molecule has 1 saturated heterocycles. The van der Waals surface area contributed by atoms with Crippen LogP contribution in [-0.4, -0.2) is 23.9 Å². The highest BCUT2D eigenvalue weighted by Crippen LogP contribution is 2.27. The molecule has 0 aromatic rings. The van der Waals surface area contributed by atoms with Crippen LogP contribution in [0.25, 0.3) is 0 Å². The Morgan fingerprint density at radius 1 is 1.75 bits per heavy atom. The predicted octanol–water partition coefficient (Wildman–Crippen LogP) is 1.62. The summed E-state index contributed by atoms with van der Waals surface area (Å²) in [6, 6.07) is 0. The quantitative estimate of drug-likeness (QED) is 0.446. The van der Waals surface area contributed by atoms with Crippen LogP contribution in [0.2, 0.25) is 0 Å². The highest BCUT2D eigenvalue weighted by Gasteiger charge is 2.19. The molecule has 48 valence electrons. The molecule has 1 heterocycles. The van der Waals surface area contributed by atoms with Gasteiger partial charge in [-0.15, -0.1) is 11.7 Å². The van der Waals surface area contributed by atoms with Crippen molar-refractivity contribution < 1.29 is 0 Å². The van der Waals surface area contributed by atoms with E-state index in [1.807, 2.05) is 0 Å². The van der Waals surface area contributed by atoms with Crippen molar-refractivity contribution in [1.82, 2.24) is 4.90 Å². The lowest BCUT2D eigenvalue weighted by molar-refractivity contribution is 0.392. The van der Waals surface area contributed by atoms with Gasteiger partial charge in [0.15, 0.2) is 0 Å². The zero-order valence-electron chi connectivity index (χ0n) is 5.00. The summed E-state index contributed by atoms with van der Waals surface area (Å²) in [5.41, 5.74) is 0. The van der Waals surface area contributed by atoms with Crippen LogP contribution in [-0.2, 0) is 0 Å². The minimum Gasteiger partial charge on any atom is -0.294 e. The van der Waals surface area contributed by atoms with E-state index in [0.29, 0.717) is 5.37 Å². The molecule has 1 aliphatic rings. The van der Waals surface area contributed by atoms with Crippen molar-refractivity contribution in [1.29, 1.82) is 0 Å². The molecule has 1 unspecified atom stereocenters. The summed E-state index contributed by atoms with van der Waals surface area (Å²) in [5, 5.41) is 0.679. The first kappa shape index (κ1) is 6.78. The molecule has 0 amide bonds. The van der Waals surface area contributed by atoms with Crippen LogP contribution < -0.4 is 0 Å². The van der Waals surface area contributed by atoms with Crippen molar-refractivity contribution in [3.63, 3.8) is 0 Å². The van der Waals surface area contributed by atoms with E-state index in [-0.39, 0.29) is 0 Å². The van der Waals surface area contributed by atoms with Gasteiger partial charge in [-0.3, -0.25) is 4.90 Å². The van der Waals surface area contributed by atoms with E-state index in [1.54, 1.807) is 10.8 Å². The van der Waals surface area contributed by atoms with Crippen LogP contribution in [0.4, 0.5) is 0 Å². The van der Waals surface area contributed by atoms with Crippen LogP contribution >= 0.6 is 22.5 Å². The third-order valence-corrected chi connectivity index (χ3v) is 3.14. The van der Waals surface area contributed by atoms with Gasteiger partial charge in [0.25, 0.3) is 0 Å². The standard InChI is InChI=1S/C5H11NS2/c1-6-4-2-3-5(6)8-7/h5,7H,2-4H2,1H3. The fourth-order valence-corrected chi connectivity index (χ4v) is 2.35. The Balaban J connectivity index is 2.30. The van der Waals surface area contributed by atoms with E-state index in [2.05, 4.69) is 23.6 Å². The van der Waals surface area contributed by atoms with Gasteiger partial charge in [-0.25, -0.2) is 0 Å². The summed E-state index contributed by atoms with van der Waals surface area (Å²) in [5.74, 6) is 0. The molecule has 1 nitrogen and oxygen atoms in total. The molecule has 0 bridgehead atoms. The molecule has 0 saturated carbocycles. The van der Waals surface area contributed by atoms with Gasteiger partial charge in [0.2, 0.25) is 0 Å². The van der Waals surface area contributed by atoms with Crippen molar-refractivity contribution >= 4 is 22.5 Å². The van der Waals surface area contributed by atoms with Crippen LogP contribution in [0.15, 0.2) is 0 Å². The molecular formula is C5H11NS2. The number of likely N-dealkylation sites (tertiary alicyclic amines) is 1. The molecule has 0 aliphatic carbocycles. The van der Waals surface area contributed by atoms with Gasteiger partial charge >= 0.3 is 0 Å². The van der Waals surface area contributed by atoms with E-state index in [4.69, 9.17) is 0 Å². The molecule has 3 heteroatoms. The number of thiol groups is 1. The molecular weight excluding hydrogens is 138 g/mol. The van der Waals surface area contributed by atoms with Gasteiger partial charge < -0.3 is 0 Å². The summed E-state index contributed by atoms with van der Waals surface area (Å²) in [6.07, 6.45) is 2.65. The minimum absolute atomic E-state index is 0.679. The van der Waals surface area contributed by atoms with E-state index in [1.165, 1.54) is 19.4 Å². The number of hydrogen-bond acceptors (Lipinski definition) is 3. The Morgan fingerprint density at radius 2 is 2.50 bits per heavy atom. The average Bonchev–Trinajstić information content (AvgIpc) is 2.14. The fourth-order valence-electron chi connectivity index (χ4n) is 1.01. The van der Waals surface area contributed by atoms with Crippen LogP contribution in [0.1, 0.15) is 12.8 Å². The van der Waals surface area contributed by atoms with E-state index in [0.717, 1.165) is 0 Å².